The summed E-state index contributed by atoms with van der Waals surface area (Å²) in [6, 6.07) is 12.0. The van der Waals surface area contributed by atoms with Crippen molar-refractivity contribution < 1.29 is 28.0 Å². The molecule has 0 unspecified atom stereocenters. The number of para-hydroxylation sites is 1. The lowest BCUT2D eigenvalue weighted by atomic mass is 10.1. The zero-order chi connectivity index (χ0) is 21.9. The standard InChI is InChI=1S/C20H23N3O6S/c1-21(29-2)30(27,28)16-9-7-15(8-10-16)19(25)22-11-13-23(14-12-22)20(26)17-5-3-4-6-18(17)24/h3-10,24H,11-14H2,1-2H3. The van der Waals surface area contributed by atoms with Crippen molar-refractivity contribution in [3.05, 3.63) is 59.7 Å². The van der Waals surface area contributed by atoms with Gasteiger partial charge in [0.2, 0.25) is 0 Å². The van der Waals surface area contributed by atoms with Gasteiger partial charge >= 0.3 is 0 Å². The van der Waals surface area contributed by atoms with Crippen LogP contribution in [0, 0.1) is 0 Å². The molecule has 3 rings (SSSR count). The second kappa shape index (κ2) is 8.82. The number of hydrogen-bond donors (Lipinski definition) is 1. The van der Waals surface area contributed by atoms with Gasteiger partial charge in [0.05, 0.1) is 17.6 Å². The van der Waals surface area contributed by atoms with Crippen LogP contribution in [0.2, 0.25) is 0 Å². The van der Waals surface area contributed by atoms with Crippen LogP contribution in [0.5, 0.6) is 5.75 Å². The van der Waals surface area contributed by atoms with Crippen molar-refractivity contribution in [1.82, 2.24) is 14.3 Å². The van der Waals surface area contributed by atoms with E-state index in [0.29, 0.717) is 31.7 Å². The molecule has 30 heavy (non-hydrogen) atoms. The Labute approximate surface area is 175 Å². The first kappa shape index (κ1) is 21.8. The third-order valence-electron chi connectivity index (χ3n) is 4.98. The molecule has 9 nitrogen and oxygen atoms in total. The fourth-order valence-corrected chi connectivity index (χ4v) is 4.11. The van der Waals surface area contributed by atoms with E-state index in [0.717, 1.165) is 4.47 Å². The minimum Gasteiger partial charge on any atom is -0.507 e. The van der Waals surface area contributed by atoms with Crippen molar-refractivity contribution >= 4 is 21.8 Å². The average Bonchev–Trinajstić information content (AvgIpc) is 2.78. The molecule has 0 spiro atoms. The molecule has 2 amide bonds. The number of rotatable bonds is 5. The normalized spacial score (nSPS) is 14.8. The van der Waals surface area contributed by atoms with Crippen LogP contribution >= 0.6 is 0 Å². The Morgan fingerprint density at radius 1 is 0.933 bits per heavy atom. The highest BCUT2D eigenvalue weighted by molar-refractivity contribution is 7.89. The Morgan fingerprint density at radius 3 is 2.00 bits per heavy atom. The summed E-state index contributed by atoms with van der Waals surface area (Å²) >= 11 is 0. The Bertz CT molecular complexity index is 1030. The molecule has 0 aromatic heterocycles. The third-order valence-corrected chi connectivity index (χ3v) is 6.68. The number of phenols is 1. The minimum absolute atomic E-state index is 0.0153. The smallest absolute Gasteiger partial charge is 0.264 e. The average molecular weight is 433 g/mol. The number of benzene rings is 2. The number of hydroxylamine groups is 1. The van der Waals surface area contributed by atoms with Crippen LogP contribution in [0.15, 0.2) is 53.4 Å². The molecular formula is C20H23N3O6S. The number of amides is 2. The van der Waals surface area contributed by atoms with Gasteiger partial charge in [-0.15, -0.1) is 0 Å². The first-order valence-corrected chi connectivity index (χ1v) is 10.7. The summed E-state index contributed by atoms with van der Waals surface area (Å²) in [7, 11) is -1.25. The number of hydrogen-bond acceptors (Lipinski definition) is 6. The van der Waals surface area contributed by atoms with Crippen LogP contribution in [0.25, 0.3) is 0 Å². The molecular weight excluding hydrogens is 410 g/mol. The highest BCUT2D eigenvalue weighted by atomic mass is 32.2. The molecule has 2 aromatic carbocycles. The van der Waals surface area contributed by atoms with E-state index in [1.165, 1.54) is 44.5 Å². The molecule has 0 radical (unpaired) electrons. The predicted molar refractivity (Wildman–Crippen MR) is 108 cm³/mol. The summed E-state index contributed by atoms with van der Waals surface area (Å²) in [5, 5.41) is 9.86. The lowest BCUT2D eigenvalue weighted by molar-refractivity contribution is -0.0258. The molecule has 0 saturated carbocycles. The van der Waals surface area contributed by atoms with Crippen molar-refractivity contribution in [1.29, 1.82) is 0 Å². The summed E-state index contributed by atoms with van der Waals surface area (Å²) < 4.78 is 25.2. The Morgan fingerprint density at radius 2 is 1.47 bits per heavy atom. The van der Waals surface area contributed by atoms with Gasteiger partial charge in [-0.1, -0.05) is 16.6 Å². The highest BCUT2D eigenvalue weighted by Gasteiger charge is 2.27. The molecule has 1 aliphatic heterocycles. The molecule has 1 heterocycles. The molecule has 10 heteroatoms. The first-order valence-electron chi connectivity index (χ1n) is 9.25. The summed E-state index contributed by atoms with van der Waals surface area (Å²) in [6.07, 6.45) is 0. The van der Waals surface area contributed by atoms with E-state index in [1.807, 2.05) is 0 Å². The van der Waals surface area contributed by atoms with E-state index < -0.39 is 10.0 Å². The SMILES string of the molecule is CON(C)S(=O)(=O)c1ccc(C(=O)N2CCN(C(=O)c3ccccc3O)CC2)cc1. The second-order valence-electron chi connectivity index (χ2n) is 6.72. The predicted octanol–water partition coefficient (Wildman–Crippen LogP) is 1.17. The molecule has 1 aliphatic rings. The van der Waals surface area contributed by atoms with E-state index in [-0.39, 0.29) is 28.0 Å². The maximum absolute atomic E-state index is 12.7. The van der Waals surface area contributed by atoms with Crippen LogP contribution < -0.4 is 0 Å². The van der Waals surface area contributed by atoms with Gasteiger partial charge in [-0.3, -0.25) is 14.4 Å². The third kappa shape index (κ3) is 4.30. The molecule has 160 valence electrons. The van der Waals surface area contributed by atoms with Gasteiger partial charge in [0, 0.05) is 38.8 Å². The lowest BCUT2D eigenvalue weighted by Gasteiger charge is -2.35. The number of carbonyl (C=O) groups is 2. The second-order valence-corrected chi connectivity index (χ2v) is 8.66. The number of phenolic OH excluding ortho intramolecular Hbond substituents is 1. The quantitative estimate of drug-likeness (QED) is 0.710. The summed E-state index contributed by atoms with van der Waals surface area (Å²) in [6.45, 7) is 1.35. The summed E-state index contributed by atoms with van der Waals surface area (Å²) in [5.74, 6) is -0.596. The Kier molecular flexibility index (Phi) is 6.40. The Balaban J connectivity index is 1.64. The number of carbonyl (C=O) groups excluding carboxylic acids is 2. The van der Waals surface area contributed by atoms with E-state index in [1.54, 1.807) is 28.0 Å². The number of sulfonamides is 1. The summed E-state index contributed by atoms with van der Waals surface area (Å²) in [4.78, 5) is 33.3. The van der Waals surface area contributed by atoms with Crippen molar-refractivity contribution in [2.45, 2.75) is 4.90 Å². The molecule has 0 atom stereocenters. The maximum Gasteiger partial charge on any atom is 0.264 e. The van der Waals surface area contributed by atoms with Crippen molar-refractivity contribution in [2.75, 3.05) is 40.3 Å². The van der Waals surface area contributed by atoms with Crippen LogP contribution in [0.3, 0.4) is 0 Å². The number of nitrogens with zero attached hydrogens (tertiary/aromatic N) is 3. The highest BCUT2D eigenvalue weighted by Crippen LogP contribution is 2.20. The maximum atomic E-state index is 12.7. The van der Waals surface area contributed by atoms with Gasteiger partial charge in [-0.2, -0.15) is 0 Å². The van der Waals surface area contributed by atoms with E-state index in [9.17, 15) is 23.1 Å². The van der Waals surface area contributed by atoms with Crippen LogP contribution in [0.1, 0.15) is 20.7 Å². The number of piperazine rings is 1. The van der Waals surface area contributed by atoms with Gasteiger partial charge in [-0.05, 0) is 36.4 Å². The first-order chi connectivity index (χ1) is 14.3. The van der Waals surface area contributed by atoms with Crippen molar-refractivity contribution in [2.24, 2.45) is 0 Å². The molecule has 1 N–H and O–H groups in total. The van der Waals surface area contributed by atoms with Crippen LogP contribution in [-0.4, -0.2) is 79.9 Å². The number of aromatic hydroxyl groups is 1. The zero-order valence-electron chi connectivity index (χ0n) is 16.7. The van der Waals surface area contributed by atoms with Gasteiger partial charge in [0.1, 0.15) is 5.75 Å². The fraction of sp³-hybridized carbons (Fsp3) is 0.300. The lowest BCUT2D eigenvalue weighted by Crippen LogP contribution is -2.50. The van der Waals surface area contributed by atoms with Gasteiger partial charge < -0.3 is 14.9 Å². The zero-order valence-corrected chi connectivity index (χ0v) is 17.5. The van der Waals surface area contributed by atoms with Crippen molar-refractivity contribution in [3.8, 4) is 5.75 Å². The molecule has 2 aromatic rings. The molecule has 1 saturated heterocycles. The van der Waals surface area contributed by atoms with E-state index in [4.69, 9.17) is 4.84 Å². The van der Waals surface area contributed by atoms with E-state index >= 15 is 0 Å². The minimum atomic E-state index is -3.78. The van der Waals surface area contributed by atoms with Gasteiger partial charge in [-0.25, -0.2) is 8.42 Å². The molecule has 0 aliphatic carbocycles. The van der Waals surface area contributed by atoms with Gasteiger partial charge in [0.25, 0.3) is 21.8 Å². The fourth-order valence-electron chi connectivity index (χ4n) is 3.14. The monoisotopic (exact) mass is 433 g/mol. The Hall–Kier alpha value is -2.95. The van der Waals surface area contributed by atoms with E-state index in [2.05, 4.69) is 0 Å². The molecule has 0 bridgehead atoms. The largest absolute Gasteiger partial charge is 0.507 e. The summed E-state index contributed by atoms with van der Waals surface area (Å²) in [5.41, 5.74) is 0.588. The van der Waals surface area contributed by atoms with Crippen LogP contribution in [-0.2, 0) is 14.9 Å². The topological polar surface area (TPSA) is 107 Å². The van der Waals surface area contributed by atoms with Gasteiger partial charge in [0.15, 0.2) is 0 Å². The van der Waals surface area contributed by atoms with Crippen molar-refractivity contribution in [3.63, 3.8) is 0 Å². The molecule has 1 fully saturated rings. The van der Waals surface area contributed by atoms with Crippen LogP contribution in [0.4, 0.5) is 0 Å².